The number of para-hydroxylation sites is 1. The average molecular weight is 321 g/mol. The number of ether oxygens (including phenoxy) is 1. The Kier molecular flexibility index (Phi) is 3.45. The third kappa shape index (κ3) is 2.40. The summed E-state index contributed by atoms with van der Waals surface area (Å²) in [5, 5.41) is 2.86. The quantitative estimate of drug-likeness (QED) is 0.911. The summed E-state index contributed by atoms with van der Waals surface area (Å²) >= 11 is 0. The van der Waals surface area contributed by atoms with Gasteiger partial charge in [-0.3, -0.25) is 25.0 Å². The van der Waals surface area contributed by atoms with Gasteiger partial charge in [0.2, 0.25) is 5.96 Å². The maximum atomic E-state index is 12.5. The summed E-state index contributed by atoms with van der Waals surface area (Å²) in [6.07, 6.45) is 3.05. The molecular formula is C17H15N5O2. The molecule has 0 aliphatic carbocycles. The van der Waals surface area contributed by atoms with Crippen molar-refractivity contribution in [3.05, 3.63) is 53.9 Å². The third-order valence-corrected chi connectivity index (χ3v) is 3.90. The van der Waals surface area contributed by atoms with E-state index in [0.29, 0.717) is 30.4 Å². The van der Waals surface area contributed by atoms with Gasteiger partial charge in [-0.1, -0.05) is 12.1 Å². The lowest BCUT2D eigenvalue weighted by atomic mass is 10.1. The van der Waals surface area contributed by atoms with Gasteiger partial charge >= 0.3 is 0 Å². The van der Waals surface area contributed by atoms with Gasteiger partial charge in [-0.15, -0.1) is 0 Å². The van der Waals surface area contributed by atoms with Gasteiger partial charge in [0.15, 0.2) is 0 Å². The van der Waals surface area contributed by atoms with Gasteiger partial charge in [-0.05, 0) is 18.2 Å². The molecule has 1 aromatic carbocycles. The molecule has 0 atom stereocenters. The Balaban J connectivity index is 1.66. The Morgan fingerprint density at radius 3 is 3.04 bits per heavy atom. The number of rotatable bonds is 2. The second-order valence-corrected chi connectivity index (χ2v) is 5.38. The van der Waals surface area contributed by atoms with Crippen molar-refractivity contribution in [2.75, 3.05) is 20.2 Å². The van der Waals surface area contributed by atoms with E-state index in [2.05, 4.69) is 20.3 Å². The molecule has 0 fully saturated rings. The van der Waals surface area contributed by atoms with Crippen LogP contribution >= 0.6 is 0 Å². The molecule has 0 bridgehead atoms. The van der Waals surface area contributed by atoms with Crippen molar-refractivity contribution in [2.45, 2.75) is 0 Å². The number of carbonyl (C=O) groups excluding carboxylic acids is 1. The number of carbonyl (C=O) groups is 1. The van der Waals surface area contributed by atoms with Gasteiger partial charge in [0, 0.05) is 18.3 Å². The topological polar surface area (TPSA) is 79.2 Å². The highest BCUT2D eigenvalue weighted by Gasteiger charge is 2.30. The van der Waals surface area contributed by atoms with Crippen molar-refractivity contribution >= 4 is 23.4 Å². The van der Waals surface area contributed by atoms with Crippen LogP contribution < -0.4 is 10.1 Å². The van der Waals surface area contributed by atoms with Crippen LogP contribution in [-0.2, 0) is 0 Å². The fourth-order valence-corrected chi connectivity index (χ4v) is 2.74. The van der Waals surface area contributed by atoms with E-state index < -0.39 is 0 Å². The van der Waals surface area contributed by atoms with Crippen LogP contribution in [0.4, 0.5) is 5.69 Å². The molecular weight excluding hydrogens is 306 g/mol. The second-order valence-electron chi connectivity index (χ2n) is 5.38. The van der Waals surface area contributed by atoms with E-state index in [-0.39, 0.29) is 5.91 Å². The minimum atomic E-state index is -0.286. The molecule has 0 radical (unpaired) electrons. The normalized spacial score (nSPS) is 15.1. The van der Waals surface area contributed by atoms with Gasteiger partial charge in [0.1, 0.15) is 11.6 Å². The summed E-state index contributed by atoms with van der Waals surface area (Å²) in [5.41, 5.74) is 2.19. The number of amides is 1. The number of pyridine rings is 1. The Morgan fingerprint density at radius 1 is 1.29 bits per heavy atom. The molecule has 2 aliphatic rings. The molecule has 7 nitrogen and oxygen atoms in total. The molecule has 7 heteroatoms. The van der Waals surface area contributed by atoms with Crippen LogP contribution in [0.25, 0.3) is 0 Å². The number of fused-ring (bicyclic) bond motifs is 3. The van der Waals surface area contributed by atoms with Crippen LogP contribution in [0, 0.1) is 0 Å². The molecule has 1 amide bonds. The standard InChI is InChI=1S/C17H15N5O2/c1-24-12-8-11(9-18-10-12)16(23)21-17-20-14-5-3-2-4-13(14)15-19-6-7-22(15)17/h2-5,8-10H,6-7H2,1H3,(H,20,21,23). The Labute approximate surface area is 138 Å². The van der Waals surface area contributed by atoms with E-state index in [9.17, 15) is 4.79 Å². The predicted molar refractivity (Wildman–Crippen MR) is 89.9 cm³/mol. The van der Waals surface area contributed by atoms with E-state index >= 15 is 0 Å². The Bertz CT molecular complexity index is 875. The Morgan fingerprint density at radius 2 is 2.17 bits per heavy atom. The maximum absolute atomic E-state index is 12.5. The second kappa shape index (κ2) is 5.77. The molecule has 1 aromatic heterocycles. The van der Waals surface area contributed by atoms with E-state index in [1.165, 1.54) is 13.3 Å². The van der Waals surface area contributed by atoms with Crippen LogP contribution in [0.1, 0.15) is 15.9 Å². The molecule has 2 aliphatic heterocycles. The molecule has 120 valence electrons. The number of aliphatic imine (C=N–C) groups is 2. The molecule has 3 heterocycles. The SMILES string of the molecule is COc1cncc(C(=O)NC2=Nc3ccccc3C3=NCCN23)c1. The van der Waals surface area contributed by atoms with Crippen molar-refractivity contribution < 1.29 is 9.53 Å². The number of amidine groups is 1. The highest BCUT2D eigenvalue weighted by atomic mass is 16.5. The van der Waals surface area contributed by atoms with Crippen LogP contribution in [0.2, 0.25) is 0 Å². The van der Waals surface area contributed by atoms with E-state index in [4.69, 9.17) is 4.74 Å². The van der Waals surface area contributed by atoms with Crippen molar-refractivity contribution in [1.29, 1.82) is 0 Å². The van der Waals surface area contributed by atoms with Crippen molar-refractivity contribution in [1.82, 2.24) is 15.2 Å². The summed E-state index contributed by atoms with van der Waals surface area (Å²) in [7, 11) is 1.54. The van der Waals surface area contributed by atoms with Gasteiger partial charge in [-0.25, -0.2) is 4.99 Å². The summed E-state index contributed by atoms with van der Waals surface area (Å²) in [6, 6.07) is 9.41. The first-order valence-electron chi connectivity index (χ1n) is 7.57. The summed E-state index contributed by atoms with van der Waals surface area (Å²) in [4.78, 5) is 27.6. The van der Waals surface area contributed by atoms with Crippen LogP contribution in [0.5, 0.6) is 5.75 Å². The number of hydrogen-bond acceptors (Lipinski definition) is 6. The zero-order chi connectivity index (χ0) is 16.5. The Hall–Kier alpha value is -3.22. The lowest BCUT2D eigenvalue weighted by Crippen LogP contribution is -2.47. The van der Waals surface area contributed by atoms with Crippen LogP contribution in [0.15, 0.2) is 52.7 Å². The number of hydrogen-bond donors (Lipinski definition) is 1. The van der Waals surface area contributed by atoms with Crippen molar-refractivity contribution in [3.8, 4) is 5.75 Å². The largest absolute Gasteiger partial charge is 0.495 e. The molecule has 0 saturated heterocycles. The summed E-state index contributed by atoms with van der Waals surface area (Å²) < 4.78 is 5.11. The molecule has 0 spiro atoms. The zero-order valence-electron chi connectivity index (χ0n) is 13.1. The number of aromatic nitrogens is 1. The molecule has 0 saturated carbocycles. The van der Waals surface area contributed by atoms with Crippen LogP contribution in [-0.4, -0.2) is 47.8 Å². The summed E-state index contributed by atoms with van der Waals surface area (Å²) in [5.74, 6) is 1.57. The van der Waals surface area contributed by atoms with Gasteiger partial charge in [-0.2, -0.15) is 0 Å². The molecule has 0 unspecified atom stereocenters. The van der Waals surface area contributed by atoms with Gasteiger partial charge in [0.25, 0.3) is 5.91 Å². The molecule has 24 heavy (non-hydrogen) atoms. The number of nitrogens with one attached hydrogen (secondary N) is 1. The lowest BCUT2D eigenvalue weighted by molar-refractivity contribution is 0.0973. The highest BCUT2D eigenvalue weighted by Crippen LogP contribution is 2.27. The summed E-state index contributed by atoms with van der Waals surface area (Å²) in [6.45, 7) is 1.37. The molecule has 1 N–H and O–H groups in total. The van der Waals surface area contributed by atoms with Crippen molar-refractivity contribution in [2.24, 2.45) is 9.98 Å². The number of guanidine groups is 1. The first-order valence-corrected chi connectivity index (χ1v) is 7.57. The van der Waals surface area contributed by atoms with Gasteiger partial charge < -0.3 is 4.74 Å². The number of benzene rings is 1. The number of methoxy groups -OCH3 is 1. The smallest absolute Gasteiger partial charge is 0.259 e. The third-order valence-electron chi connectivity index (χ3n) is 3.90. The van der Waals surface area contributed by atoms with E-state index in [1.54, 1.807) is 12.3 Å². The van der Waals surface area contributed by atoms with E-state index in [1.807, 2.05) is 29.2 Å². The predicted octanol–water partition coefficient (Wildman–Crippen LogP) is 1.58. The highest BCUT2D eigenvalue weighted by molar-refractivity contribution is 6.19. The fraction of sp³-hybridized carbons (Fsp3) is 0.176. The molecule has 2 aromatic rings. The van der Waals surface area contributed by atoms with Crippen molar-refractivity contribution in [3.63, 3.8) is 0 Å². The average Bonchev–Trinajstić information content (AvgIpc) is 3.12. The minimum Gasteiger partial charge on any atom is -0.495 e. The lowest BCUT2D eigenvalue weighted by Gasteiger charge is -2.27. The fourth-order valence-electron chi connectivity index (χ4n) is 2.74. The molecule has 4 rings (SSSR count). The maximum Gasteiger partial charge on any atom is 0.259 e. The number of nitrogens with zero attached hydrogens (tertiary/aromatic N) is 4. The first-order chi connectivity index (χ1) is 11.8. The first kappa shape index (κ1) is 14.4. The van der Waals surface area contributed by atoms with Gasteiger partial charge in [0.05, 0.1) is 31.1 Å². The minimum absolute atomic E-state index is 0.286. The monoisotopic (exact) mass is 321 g/mol. The van der Waals surface area contributed by atoms with E-state index in [0.717, 1.165) is 17.1 Å². The zero-order valence-corrected chi connectivity index (χ0v) is 13.1. The van der Waals surface area contributed by atoms with Crippen LogP contribution in [0.3, 0.4) is 0 Å².